The van der Waals surface area contributed by atoms with Crippen LogP contribution in [0.4, 0.5) is 4.79 Å². The summed E-state index contributed by atoms with van der Waals surface area (Å²) >= 11 is 1.13. The maximum Gasteiger partial charge on any atom is 0.408 e. The van der Waals surface area contributed by atoms with Crippen LogP contribution in [0.1, 0.15) is 5.56 Å². The Morgan fingerprint density at radius 3 is 2.70 bits per heavy atom. The zero-order chi connectivity index (χ0) is 14.8. The molecule has 0 heterocycles. The molecule has 0 bridgehead atoms. The number of nitriles is 1. The summed E-state index contributed by atoms with van der Waals surface area (Å²) < 4.78 is 4.93. The molecule has 106 valence electrons. The lowest BCUT2D eigenvalue weighted by molar-refractivity contribution is -0.138. The van der Waals surface area contributed by atoms with Gasteiger partial charge in [0.05, 0.1) is 11.8 Å². The number of amides is 1. The Kier molecular flexibility index (Phi) is 7.00. The first-order chi connectivity index (χ1) is 9.63. The average molecular weight is 294 g/mol. The molecule has 20 heavy (non-hydrogen) atoms. The van der Waals surface area contributed by atoms with E-state index in [9.17, 15) is 9.59 Å². The van der Waals surface area contributed by atoms with Gasteiger partial charge in [0, 0.05) is 5.75 Å². The first-order valence-corrected chi connectivity index (χ1v) is 6.93. The summed E-state index contributed by atoms with van der Waals surface area (Å²) in [4.78, 5) is 22.4. The number of thioether (sulfide) groups is 1. The van der Waals surface area contributed by atoms with Crippen LogP contribution in [0.25, 0.3) is 0 Å². The maximum atomic E-state index is 11.5. The lowest BCUT2D eigenvalue weighted by atomic mass is 10.2. The van der Waals surface area contributed by atoms with Gasteiger partial charge < -0.3 is 15.2 Å². The van der Waals surface area contributed by atoms with Crippen LogP contribution in [0.15, 0.2) is 30.3 Å². The van der Waals surface area contributed by atoms with E-state index in [1.165, 1.54) is 0 Å². The fourth-order valence-electron chi connectivity index (χ4n) is 1.30. The Morgan fingerprint density at radius 2 is 2.10 bits per heavy atom. The number of carbonyl (C=O) groups is 2. The Morgan fingerprint density at radius 1 is 1.40 bits per heavy atom. The van der Waals surface area contributed by atoms with E-state index >= 15 is 0 Å². The highest BCUT2D eigenvalue weighted by Gasteiger charge is 2.20. The molecule has 0 aliphatic carbocycles. The first kappa shape index (κ1) is 15.9. The molecule has 2 N–H and O–H groups in total. The predicted octanol–water partition coefficient (Wildman–Crippen LogP) is 1.62. The Labute approximate surface area is 120 Å². The minimum absolute atomic E-state index is 0.0738. The number of carbonyl (C=O) groups excluding carboxylic acids is 1. The third-order valence-electron chi connectivity index (χ3n) is 2.25. The van der Waals surface area contributed by atoms with Gasteiger partial charge in [0.25, 0.3) is 0 Å². The molecule has 0 aliphatic heterocycles. The summed E-state index contributed by atoms with van der Waals surface area (Å²) in [6.07, 6.45) is -0.793. The average Bonchev–Trinajstić information content (AvgIpc) is 2.45. The summed E-state index contributed by atoms with van der Waals surface area (Å²) in [5, 5.41) is 19.6. The van der Waals surface area contributed by atoms with Crippen LogP contribution in [-0.4, -0.2) is 34.7 Å². The second-order valence-electron chi connectivity index (χ2n) is 3.77. The molecule has 6 nitrogen and oxygen atoms in total. The molecule has 1 rings (SSSR count). The summed E-state index contributed by atoms with van der Waals surface area (Å²) in [6, 6.07) is 9.88. The number of alkyl carbamates (subject to hydrolysis) is 1. The highest BCUT2D eigenvalue weighted by Crippen LogP contribution is 2.04. The number of rotatable bonds is 7. The molecular formula is C13H14N2O4S. The van der Waals surface area contributed by atoms with E-state index in [4.69, 9.17) is 15.1 Å². The summed E-state index contributed by atoms with van der Waals surface area (Å²) in [5.41, 5.74) is 0.813. The van der Waals surface area contributed by atoms with Crippen molar-refractivity contribution >= 4 is 23.8 Å². The zero-order valence-corrected chi connectivity index (χ0v) is 11.4. The van der Waals surface area contributed by atoms with E-state index in [1.54, 1.807) is 12.1 Å². The van der Waals surface area contributed by atoms with E-state index in [0.717, 1.165) is 17.3 Å². The molecule has 0 radical (unpaired) electrons. The summed E-state index contributed by atoms with van der Waals surface area (Å²) in [5.74, 6) is -0.875. The van der Waals surface area contributed by atoms with E-state index in [1.807, 2.05) is 24.3 Å². The van der Waals surface area contributed by atoms with Crippen molar-refractivity contribution in [2.75, 3.05) is 11.5 Å². The Hall–Kier alpha value is -2.20. The normalized spacial score (nSPS) is 11.2. The second kappa shape index (κ2) is 8.82. The summed E-state index contributed by atoms with van der Waals surface area (Å²) in [6.45, 7) is 0.0738. The van der Waals surface area contributed by atoms with Crippen LogP contribution in [-0.2, 0) is 16.1 Å². The van der Waals surface area contributed by atoms with Gasteiger partial charge in [0.15, 0.2) is 0 Å². The number of aliphatic carboxylic acids is 1. The van der Waals surface area contributed by atoms with Gasteiger partial charge in [0.1, 0.15) is 12.6 Å². The van der Waals surface area contributed by atoms with E-state index in [-0.39, 0.29) is 18.1 Å². The van der Waals surface area contributed by atoms with Crippen molar-refractivity contribution in [2.24, 2.45) is 0 Å². The highest BCUT2D eigenvalue weighted by molar-refractivity contribution is 7.99. The van der Waals surface area contributed by atoms with Gasteiger partial charge in [-0.2, -0.15) is 5.26 Å². The number of hydrogen-bond donors (Lipinski definition) is 2. The fraction of sp³-hybridized carbons (Fsp3) is 0.308. The van der Waals surface area contributed by atoms with Crippen LogP contribution < -0.4 is 5.32 Å². The third-order valence-corrected chi connectivity index (χ3v) is 3.16. The number of hydrogen-bond acceptors (Lipinski definition) is 5. The molecule has 0 aliphatic rings. The van der Waals surface area contributed by atoms with E-state index < -0.39 is 18.1 Å². The highest BCUT2D eigenvalue weighted by atomic mass is 32.2. The van der Waals surface area contributed by atoms with Crippen molar-refractivity contribution < 1.29 is 19.4 Å². The van der Waals surface area contributed by atoms with Crippen molar-refractivity contribution in [3.8, 4) is 6.07 Å². The lowest BCUT2D eigenvalue weighted by Gasteiger charge is -2.13. The molecule has 1 atom stereocenters. The smallest absolute Gasteiger partial charge is 0.408 e. The van der Waals surface area contributed by atoms with Crippen LogP contribution in [0.3, 0.4) is 0 Å². The van der Waals surface area contributed by atoms with Crippen LogP contribution in [0.5, 0.6) is 0 Å². The van der Waals surface area contributed by atoms with Gasteiger partial charge >= 0.3 is 12.1 Å². The SMILES string of the molecule is N#CCSCC(NC(=O)OCc1ccccc1)C(=O)O. The van der Waals surface area contributed by atoms with Crippen molar-refractivity contribution in [3.63, 3.8) is 0 Å². The molecule has 1 unspecified atom stereocenters. The molecule has 1 aromatic carbocycles. The number of carboxylic acids is 1. The first-order valence-electron chi connectivity index (χ1n) is 5.78. The fourth-order valence-corrected chi connectivity index (χ4v) is 1.97. The molecule has 1 aromatic rings. The molecule has 0 spiro atoms. The largest absolute Gasteiger partial charge is 0.480 e. The maximum absolute atomic E-state index is 11.5. The standard InChI is InChI=1S/C13H14N2O4S/c14-6-7-20-9-11(12(16)17)15-13(18)19-8-10-4-2-1-3-5-10/h1-5,11H,7-9H2,(H,15,18)(H,16,17). The van der Waals surface area contributed by atoms with Crippen molar-refractivity contribution in [2.45, 2.75) is 12.6 Å². The quantitative estimate of drug-likeness (QED) is 0.741. The topological polar surface area (TPSA) is 99.4 Å². The number of carboxylic acid groups (broad SMARTS) is 1. The molecule has 0 fully saturated rings. The van der Waals surface area contributed by atoms with Gasteiger partial charge in [-0.15, -0.1) is 11.8 Å². The Balaban J connectivity index is 2.38. The van der Waals surface area contributed by atoms with Crippen molar-refractivity contribution in [1.29, 1.82) is 5.26 Å². The van der Waals surface area contributed by atoms with Crippen molar-refractivity contribution in [3.05, 3.63) is 35.9 Å². The van der Waals surface area contributed by atoms with Gasteiger partial charge in [-0.3, -0.25) is 0 Å². The van der Waals surface area contributed by atoms with E-state index in [2.05, 4.69) is 5.32 Å². The number of ether oxygens (including phenoxy) is 1. The zero-order valence-electron chi connectivity index (χ0n) is 10.6. The third kappa shape index (κ3) is 6.11. The second-order valence-corrected chi connectivity index (χ2v) is 4.80. The minimum Gasteiger partial charge on any atom is -0.480 e. The van der Waals surface area contributed by atoms with Gasteiger partial charge in [-0.1, -0.05) is 30.3 Å². The van der Waals surface area contributed by atoms with Crippen LogP contribution in [0.2, 0.25) is 0 Å². The number of benzene rings is 1. The molecule has 0 aromatic heterocycles. The van der Waals surface area contributed by atoms with Gasteiger partial charge in [-0.25, -0.2) is 9.59 Å². The lowest BCUT2D eigenvalue weighted by Crippen LogP contribution is -2.42. The van der Waals surface area contributed by atoms with E-state index in [0.29, 0.717) is 0 Å². The predicted molar refractivity (Wildman–Crippen MR) is 74.1 cm³/mol. The number of nitrogens with one attached hydrogen (secondary N) is 1. The monoisotopic (exact) mass is 294 g/mol. The summed E-state index contributed by atoms with van der Waals surface area (Å²) in [7, 11) is 0. The molecule has 0 saturated heterocycles. The molecule has 1 amide bonds. The van der Waals surface area contributed by atoms with Crippen LogP contribution in [0, 0.1) is 11.3 Å². The van der Waals surface area contributed by atoms with Crippen molar-refractivity contribution in [1.82, 2.24) is 5.32 Å². The van der Waals surface area contributed by atoms with Crippen LogP contribution >= 0.6 is 11.8 Å². The van der Waals surface area contributed by atoms with Gasteiger partial charge in [-0.05, 0) is 5.56 Å². The molecule has 0 saturated carbocycles. The molecular weight excluding hydrogens is 280 g/mol. The minimum atomic E-state index is -1.16. The molecule has 7 heteroatoms. The van der Waals surface area contributed by atoms with Gasteiger partial charge in [0.2, 0.25) is 0 Å². The Bertz CT molecular complexity index is 487. The number of nitrogens with zero attached hydrogens (tertiary/aromatic N) is 1.